The average molecular weight is 265 g/mol. The van der Waals surface area contributed by atoms with E-state index < -0.39 is 0 Å². The van der Waals surface area contributed by atoms with Crippen LogP contribution in [0, 0.1) is 11.8 Å². The fourth-order valence-electron chi connectivity index (χ4n) is 3.46. The van der Waals surface area contributed by atoms with E-state index >= 15 is 0 Å². The highest BCUT2D eigenvalue weighted by Crippen LogP contribution is 2.31. The minimum absolute atomic E-state index is 0.815. The third-order valence-electron chi connectivity index (χ3n) is 4.59. The summed E-state index contributed by atoms with van der Waals surface area (Å²) in [6.07, 6.45) is 3.96. The summed E-state index contributed by atoms with van der Waals surface area (Å²) in [5.41, 5.74) is 3.71. The lowest BCUT2D eigenvalue weighted by Crippen LogP contribution is -2.25. The molecule has 3 heteroatoms. The molecule has 1 N–H and O–H groups in total. The maximum Gasteiger partial charge on any atom is 0.0559 e. The van der Waals surface area contributed by atoms with Crippen molar-refractivity contribution in [2.45, 2.75) is 0 Å². The maximum atomic E-state index is 4.44. The van der Waals surface area contributed by atoms with E-state index in [2.05, 4.69) is 51.6 Å². The number of anilines is 1. The molecule has 2 atom stereocenters. The summed E-state index contributed by atoms with van der Waals surface area (Å²) in [6.45, 7) is 4.68. The number of rotatable bonds is 2. The summed E-state index contributed by atoms with van der Waals surface area (Å²) in [4.78, 5) is 6.94. The third kappa shape index (κ3) is 2.08. The van der Waals surface area contributed by atoms with Crippen molar-refractivity contribution in [3.05, 3.63) is 48.8 Å². The molecule has 1 aromatic carbocycles. The Labute approximate surface area is 119 Å². The van der Waals surface area contributed by atoms with Crippen LogP contribution in [0.15, 0.2) is 48.8 Å². The van der Waals surface area contributed by atoms with Gasteiger partial charge in [0.2, 0.25) is 0 Å². The summed E-state index contributed by atoms with van der Waals surface area (Å²) in [5, 5.41) is 3.49. The van der Waals surface area contributed by atoms with Gasteiger partial charge in [-0.05, 0) is 23.5 Å². The van der Waals surface area contributed by atoms with Crippen LogP contribution in [0.3, 0.4) is 0 Å². The zero-order valence-electron chi connectivity index (χ0n) is 11.5. The second kappa shape index (κ2) is 4.91. The van der Waals surface area contributed by atoms with Crippen molar-refractivity contribution < 1.29 is 0 Å². The molecule has 2 saturated heterocycles. The molecule has 1 aromatic heterocycles. The van der Waals surface area contributed by atoms with Gasteiger partial charge in [0.1, 0.15) is 0 Å². The molecule has 2 fully saturated rings. The first-order valence-electron chi connectivity index (χ1n) is 7.36. The molecule has 102 valence electrons. The highest BCUT2D eigenvalue weighted by atomic mass is 15.2. The van der Waals surface area contributed by atoms with Crippen LogP contribution in [0.4, 0.5) is 5.69 Å². The van der Waals surface area contributed by atoms with Gasteiger partial charge in [-0.15, -0.1) is 0 Å². The van der Waals surface area contributed by atoms with Gasteiger partial charge in [0.05, 0.1) is 11.9 Å². The van der Waals surface area contributed by atoms with Crippen LogP contribution in [-0.4, -0.2) is 31.2 Å². The number of hydrogen-bond acceptors (Lipinski definition) is 3. The van der Waals surface area contributed by atoms with E-state index in [-0.39, 0.29) is 0 Å². The van der Waals surface area contributed by atoms with Gasteiger partial charge in [-0.25, -0.2) is 0 Å². The number of fused-ring (bicyclic) bond motifs is 1. The van der Waals surface area contributed by atoms with Crippen LogP contribution < -0.4 is 10.2 Å². The predicted octanol–water partition coefficient (Wildman–Crippen LogP) is 2.40. The lowest BCUT2D eigenvalue weighted by molar-refractivity contribution is 0.533. The van der Waals surface area contributed by atoms with Gasteiger partial charge in [0.15, 0.2) is 0 Å². The smallest absolute Gasteiger partial charge is 0.0559 e. The van der Waals surface area contributed by atoms with E-state index in [4.69, 9.17) is 0 Å². The van der Waals surface area contributed by atoms with Crippen LogP contribution in [0.2, 0.25) is 0 Å². The van der Waals surface area contributed by atoms with E-state index in [1.54, 1.807) is 0 Å². The standard InChI is InChI=1S/C17H19N3/c1-2-4-13(5-3-1)14-6-17(10-19-7-14)20-11-15-8-18-9-16(15)12-20/h1-7,10,15-16,18H,8-9,11-12H2/t15-,16+. The molecule has 2 aliphatic heterocycles. The molecule has 0 bridgehead atoms. The minimum Gasteiger partial charge on any atom is -0.370 e. The van der Waals surface area contributed by atoms with Gasteiger partial charge in [0.25, 0.3) is 0 Å². The van der Waals surface area contributed by atoms with Crippen molar-refractivity contribution in [1.29, 1.82) is 0 Å². The van der Waals surface area contributed by atoms with Gasteiger partial charge >= 0.3 is 0 Å². The molecule has 0 aliphatic carbocycles. The molecule has 3 heterocycles. The fraction of sp³-hybridized carbons (Fsp3) is 0.353. The van der Waals surface area contributed by atoms with Crippen molar-refractivity contribution >= 4 is 5.69 Å². The summed E-state index contributed by atoms with van der Waals surface area (Å²) in [5.74, 6) is 1.63. The number of benzene rings is 1. The van der Waals surface area contributed by atoms with Gasteiger partial charge in [-0.1, -0.05) is 30.3 Å². The Bertz CT molecular complexity index is 584. The topological polar surface area (TPSA) is 28.2 Å². The van der Waals surface area contributed by atoms with E-state index in [0.29, 0.717) is 0 Å². The molecule has 20 heavy (non-hydrogen) atoms. The van der Waals surface area contributed by atoms with E-state index in [1.807, 2.05) is 12.4 Å². The van der Waals surface area contributed by atoms with Gasteiger partial charge in [0, 0.05) is 37.9 Å². The van der Waals surface area contributed by atoms with Gasteiger partial charge in [-0.2, -0.15) is 0 Å². The SMILES string of the molecule is c1ccc(-c2cncc(N3C[C@H]4CNC[C@H]4C3)c2)cc1. The Hall–Kier alpha value is -1.87. The summed E-state index contributed by atoms with van der Waals surface area (Å²) in [7, 11) is 0. The van der Waals surface area contributed by atoms with E-state index in [0.717, 1.165) is 24.9 Å². The molecule has 0 radical (unpaired) electrons. The number of pyridine rings is 1. The van der Waals surface area contributed by atoms with Crippen LogP contribution in [0.1, 0.15) is 0 Å². The molecule has 0 spiro atoms. The number of nitrogens with zero attached hydrogens (tertiary/aromatic N) is 2. The second-order valence-electron chi connectivity index (χ2n) is 5.88. The van der Waals surface area contributed by atoms with Crippen molar-refractivity contribution in [2.75, 3.05) is 31.1 Å². The Morgan fingerprint density at radius 1 is 0.950 bits per heavy atom. The average Bonchev–Trinajstić information content (AvgIpc) is 3.10. The monoisotopic (exact) mass is 265 g/mol. The molecule has 0 amide bonds. The molecule has 2 aliphatic rings. The highest BCUT2D eigenvalue weighted by Gasteiger charge is 2.36. The molecule has 0 saturated carbocycles. The fourth-order valence-corrected chi connectivity index (χ4v) is 3.46. The molecule has 3 nitrogen and oxygen atoms in total. The quantitative estimate of drug-likeness (QED) is 0.904. The normalized spacial score (nSPS) is 24.9. The summed E-state index contributed by atoms with van der Waals surface area (Å²) >= 11 is 0. The number of aromatic nitrogens is 1. The van der Waals surface area contributed by atoms with Crippen LogP contribution in [-0.2, 0) is 0 Å². The number of hydrogen-bond donors (Lipinski definition) is 1. The van der Waals surface area contributed by atoms with Crippen molar-refractivity contribution in [3.8, 4) is 11.1 Å². The van der Waals surface area contributed by atoms with Crippen LogP contribution >= 0.6 is 0 Å². The minimum atomic E-state index is 0.815. The Balaban J connectivity index is 1.61. The van der Waals surface area contributed by atoms with Crippen LogP contribution in [0.5, 0.6) is 0 Å². The lowest BCUT2D eigenvalue weighted by Gasteiger charge is -2.20. The zero-order chi connectivity index (χ0) is 13.4. The molecule has 4 rings (SSSR count). The first-order chi connectivity index (χ1) is 9.90. The van der Waals surface area contributed by atoms with Crippen molar-refractivity contribution in [1.82, 2.24) is 10.3 Å². The first-order valence-corrected chi connectivity index (χ1v) is 7.36. The maximum absolute atomic E-state index is 4.44. The summed E-state index contributed by atoms with van der Waals surface area (Å²) < 4.78 is 0. The molecule has 2 aromatic rings. The van der Waals surface area contributed by atoms with Gasteiger partial charge < -0.3 is 10.2 Å². The third-order valence-corrected chi connectivity index (χ3v) is 4.59. The second-order valence-corrected chi connectivity index (χ2v) is 5.88. The largest absolute Gasteiger partial charge is 0.370 e. The Morgan fingerprint density at radius 2 is 1.70 bits per heavy atom. The molecular formula is C17H19N3. The Kier molecular flexibility index (Phi) is 2.92. The van der Waals surface area contributed by atoms with Crippen LogP contribution in [0.25, 0.3) is 11.1 Å². The molecule has 0 unspecified atom stereocenters. The van der Waals surface area contributed by atoms with E-state index in [1.165, 1.54) is 29.9 Å². The lowest BCUT2D eigenvalue weighted by atomic mass is 10.0. The number of nitrogens with one attached hydrogen (secondary N) is 1. The first kappa shape index (κ1) is 11.9. The van der Waals surface area contributed by atoms with Crippen molar-refractivity contribution in [3.63, 3.8) is 0 Å². The molecular weight excluding hydrogens is 246 g/mol. The zero-order valence-corrected chi connectivity index (χ0v) is 11.5. The summed E-state index contributed by atoms with van der Waals surface area (Å²) in [6, 6.07) is 12.8. The Morgan fingerprint density at radius 3 is 2.45 bits per heavy atom. The highest BCUT2D eigenvalue weighted by molar-refractivity contribution is 5.67. The van der Waals surface area contributed by atoms with E-state index in [9.17, 15) is 0 Å². The van der Waals surface area contributed by atoms with Gasteiger partial charge in [-0.3, -0.25) is 4.98 Å². The predicted molar refractivity (Wildman–Crippen MR) is 81.7 cm³/mol. The van der Waals surface area contributed by atoms with Crippen molar-refractivity contribution in [2.24, 2.45) is 11.8 Å².